The molecular formula is C24H30N6. The number of aliphatic imine (C=N–C) groups is 1. The summed E-state index contributed by atoms with van der Waals surface area (Å²) >= 11 is 0. The molecule has 3 aromatic rings. The van der Waals surface area contributed by atoms with Crippen LogP contribution in [0.2, 0.25) is 0 Å². The fourth-order valence-electron chi connectivity index (χ4n) is 3.92. The van der Waals surface area contributed by atoms with Gasteiger partial charge < -0.3 is 15.5 Å². The molecular weight excluding hydrogens is 372 g/mol. The fraction of sp³-hybridized carbons (Fsp3) is 0.333. The molecule has 2 heterocycles. The predicted octanol–water partition coefficient (Wildman–Crippen LogP) is 3.16. The van der Waals surface area contributed by atoms with Crippen LogP contribution < -0.4 is 15.5 Å². The van der Waals surface area contributed by atoms with Crippen molar-refractivity contribution < 1.29 is 0 Å². The Kier molecular flexibility index (Phi) is 6.32. The summed E-state index contributed by atoms with van der Waals surface area (Å²) in [5.41, 5.74) is 6.47. The number of rotatable bonds is 6. The molecule has 6 nitrogen and oxygen atoms in total. The molecule has 0 atom stereocenters. The van der Waals surface area contributed by atoms with E-state index < -0.39 is 0 Å². The van der Waals surface area contributed by atoms with Crippen LogP contribution in [0.25, 0.3) is 5.69 Å². The lowest BCUT2D eigenvalue weighted by atomic mass is 9.99. The fourth-order valence-corrected chi connectivity index (χ4v) is 3.92. The first-order chi connectivity index (χ1) is 14.7. The molecule has 1 aliphatic rings. The summed E-state index contributed by atoms with van der Waals surface area (Å²) in [6.45, 7) is 2.75. The van der Waals surface area contributed by atoms with Crippen molar-refractivity contribution in [2.45, 2.75) is 25.8 Å². The van der Waals surface area contributed by atoms with Gasteiger partial charge in [0, 0.05) is 51.8 Å². The Morgan fingerprint density at radius 3 is 2.70 bits per heavy atom. The van der Waals surface area contributed by atoms with Crippen molar-refractivity contribution in [1.29, 1.82) is 0 Å². The van der Waals surface area contributed by atoms with Crippen LogP contribution in [-0.2, 0) is 19.4 Å². The number of hydrogen-bond acceptors (Lipinski definition) is 3. The lowest BCUT2D eigenvalue weighted by molar-refractivity contribution is 0.740. The van der Waals surface area contributed by atoms with Gasteiger partial charge >= 0.3 is 0 Å². The van der Waals surface area contributed by atoms with Gasteiger partial charge in [-0.3, -0.25) is 4.99 Å². The number of guanidine groups is 1. The molecule has 6 heteroatoms. The van der Waals surface area contributed by atoms with Crippen molar-refractivity contribution in [1.82, 2.24) is 20.4 Å². The van der Waals surface area contributed by atoms with Gasteiger partial charge in [-0.05, 0) is 60.2 Å². The standard InChI is InChI=1S/C24H30N6/c1-25-24(27-18-20-8-11-23-21(17-20)5-3-15-29(23)2)26-14-12-19-6-9-22(10-7-19)30-16-4-13-28-30/h4,6-11,13,16-17H,3,5,12,14-15,18H2,1-2H3,(H2,25,26,27). The van der Waals surface area contributed by atoms with Crippen LogP contribution in [0.3, 0.4) is 0 Å². The van der Waals surface area contributed by atoms with E-state index in [1.165, 1.54) is 35.2 Å². The van der Waals surface area contributed by atoms with Gasteiger partial charge in [0.15, 0.2) is 5.96 Å². The first-order valence-corrected chi connectivity index (χ1v) is 10.6. The summed E-state index contributed by atoms with van der Waals surface area (Å²) in [5, 5.41) is 11.1. The van der Waals surface area contributed by atoms with E-state index >= 15 is 0 Å². The van der Waals surface area contributed by atoms with Crippen LogP contribution in [0.5, 0.6) is 0 Å². The molecule has 2 N–H and O–H groups in total. The van der Waals surface area contributed by atoms with E-state index in [0.29, 0.717) is 0 Å². The molecule has 0 saturated carbocycles. The lowest BCUT2D eigenvalue weighted by Gasteiger charge is -2.28. The molecule has 1 aromatic heterocycles. The molecule has 0 unspecified atom stereocenters. The Bertz CT molecular complexity index is 975. The van der Waals surface area contributed by atoms with Crippen molar-refractivity contribution >= 4 is 11.6 Å². The number of aromatic nitrogens is 2. The maximum atomic E-state index is 4.36. The Morgan fingerprint density at radius 2 is 1.93 bits per heavy atom. The van der Waals surface area contributed by atoms with E-state index in [-0.39, 0.29) is 0 Å². The molecule has 1 aliphatic heterocycles. The molecule has 156 valence electrons. The SMILES string of the molecule is CN=C(NCCc1ccc(-n2cccn2)cc1)NCc1ccc2c(c1)CCCN2C. The first-order valence-electron chi connectivity index (χ1n) is 10.6. The zero-order chi connectivity index (χ0) is 20.8. The Balaban J connectivity index is 1.25. The smallest absolute Gasteiger partial charge is 0.191 e. The monoisotopic (exact) mass is 402 g/mol. The Labute approximate surface area is 178 Å². The average molecular weight is 403 g/mol. The second-order valence-electron chi connectivity index (χ2n) is 7.71. The lowest BCUT2D eigenvalue weighted by Crippen LogP contribution is -2.37. The number of fused-ring (bicyclic) bond motifs is 1. The third kappa shape index (κ3) is 4.82. The molecule has 30 heavy (non-hydrogen) atoms. The highest BCUT2D eigenvalue weighted by atomic mass is 15.3. The maximum absolute atomic E-state index is 4.36. The molecule has 4 rings (SSSR count). The highest BCUT2D eigenvalue weighted by Gasteiger charge is 2.13. The minimum Gasteiger partial charge on any atom is -0.374 e. The quantitative estimate of drug-likeness (QED) is 0.491. The van der Waals surface area contributed by atoms with Crippen molar-refractivity contribution in [2.75, 3.05) is 32.1 Å². The van der Waals surface area contributed by atoms with Crippen LogP contribution in [0, 0.1) is 0 Å². The van der Waals surface area contributed by atoms with Gasteiger partial charge in [0.25, 0.3) is 0 Å². The first kappa shape index (κ1) is 20.0. The number of nitrogens with one attached hydrogen (secondary N) is 2. The van der Waals surface area contributed by atoms with Crippen LogP contribution in [0.1, 0.15) is 23.1 Å². The highest BCUT2D eigenvalue weighted by molar-refractivity contribution is 5.79. The number of hydrogen-bond donors (Lipinski definition) is 2. The van der Waals surface area contributed by atoms with E-state index in [4.69, 9.17) is 0 Å². The van der Waals surface area contributed by atoms with Crippen molar-refractivity contribution in [3.8, 4) is 5.69 Å². The largest absolute Gasteiger partial charge is 0.374 e. The van der Waals surface area contributed by atoms with Crippen LogP contribution in [0.4, 0.5) is 5.69 Å². The number of aryl methyl sites for hydroxylation is 1. The van der Waals surface area contributed by atoms with Crippen molar-refractivity contribution in [3.05, 3.63) is 77.6 Å². The summed E-state index contributed by atoms with van der Waals surface area (Å²) in [6, 6.07) is 17.2. The molecule has 0 amide bonds. The van der Waals surface area contributed by atoms with Crippen LogP contribution in [0.15, 0.2) is 65.9 Å². The third-order valence-electron chi connectivity index (χ3n) is 5.59. The topological polar surface area (TPSA) is 57.5 Å². The minimum absolute atomic E-state index is 0.773. The molecule has 2 aromatic carbocycles. The second kappa shape index (κ2) is 9.48. The van der Waals surface area contributed by atoms with E-state index in [1.54, 1.807) is 6.20 Å². The van der Waals surface area contributed by atoms with Gasteiger partial charge in [0.1, 0.15) is 0 Å². The van der Waals surface area contributed by atoms with Crippen molar-refractivity contribution in [2.24, 2.45) is 4.99 Å². The van der Waals surface area contributed by atoms with Gasteiger partial charge in [-0.15, -0.1) is 0 Å². The van der Waals surface area contributed by atoms with Gasteiger partial charge in [0.05, 0.1) is 5.69 Å². The Hall–Kier alpha value is -3.28. The van der Waals surface area contributed by atoms with Gasteiger partial charge in [-0.2, -0.15) is 5.10 Å². The summed E-state index contributed by atoms with van der Waals surface area (Å²) in [5.74, 6) is 0.831. The number of nitrogens with zero attached hydrogens (tertiary/aromatic N) is 4. The average Bonchev–Trinajstić information content (AvgIpc) is 3.31. The Morgan fingerprint density at radius 1 is 1.10 bits per heavy atom. The van der Waals surface area contributed by atoms with Gasteiger partial charge in [0.2, 0.25) is 0 Å². The molecule has 0 radical (unpaired) electrons. The van der Waals surface area contributed by atoms with Crippen molar-refractivity contribution in [3.63, 3.8) is 0 Å². The summed E-state index contributed by atoms with van der Waals surface area (Å²) in [7, 11) is 3.99. The van der Waals surface area contributed by atoms with E-state index in [1.807, 2.05) is 24.0 Å². The molecule has 0 bridgehead atoms. The zero-order valence-corrected chi connectivity index (χ0v) is 17.8. The molecule has 0 saturated heterocycles. The van der Waals surface area contributed by atoms with Crippen LogP contribution in [-0.4, -0.2) is 42.9 Å². The maximum Gasteiger partial charge on any atom is 0.191 e. The number of benzene rings is 2. The number of anilines is 1. The molecule has 0 spiro atoms. The predicted molar refractivity (Wildman–Crippen MR) is 124 cm³/mol. The second-order valence-corrected chi connectivity index (χ2v) is 7.71. The zero-order valence-electron chi connectivity index (χ0n) is 17.8. The van der Waals surface area contributed by atoms with E-state index in [2.05, 4.69) is 75.1 Å². The highest BCUT2D eigenvalue weighted by Crippen LogP contribution is 2.26. The minimum atomic E-state index is 0.773. The third-order valence-corrected chi connectivity index (χ3v) is 5.59. The van der Waals surface area contributed by atoms with E-state index in [9.17, 15) is 0 Å². The van der Waals surface area contributed by atoms with Crippen LogP contribution >= 0.6 is 0 Å². The van der Waals surface area contributed by atoms with E-state index in [0.717, 1.165) is 37.7 Å². The summed E-state index contributed by atoms with van der Waals surface area (Å²) in [4.78, 5) is 6.70. The van der Waals surface area contributed by atoms with Gasteiger partial charge in [-0.25, -0.2) is 4.68 Å². The molecule has 0 fully saturated rings. The summed E-state index contributed by atoms with van der Waals surface area (Å²) in [6.07, 6.45) is 7.07. The summed E-state index contributed by atoms with van der Waals surface area (Å²) < 4.78 is 1.87. The molecule has 0 aliphatic carbocycles. The normalized spacial score (nSPS) is 13.8. The van der Waals surface area contributed by atoms with Gasteiger partial charge in [-0.1, -0.05) is 24.3 Å².